The van der Waals surface area contributed by atoms with Crippen molar-refractivity contribution in [3.63, 3.8) is 0 Å². The second-order valence-electron chi connectivity index (χ2n) is 4.46. The van der Waals surface area contributed by atoms with Crippen LogP contribution in [0.2, 0.25) is 0 Å². The predicted molar refractivity (Wildman–Crippen MR) is 73.5 cm³/mol. The number of nitrogens with zero attached hydrogens (tertiary/aromatic N) is 2. The van der Waals surface area contributed by atoms with Crippen LogP contribution in [0.4, 0.5) is 5.82 Å². The van der Waals surface area contributed by atoms with Crippen molar-refractivity contribution >= 4 is 17.5 Å². The average molecular weight is 277 g/mol. The summed E-state index contributed by atoms with van der Waals surface area (Å²) in [6.07, 6.45) is 2.75. The van der Waals surface area contributed by atoms with Crippen LogP contribution in [0, 0.1) is 0 Å². The molecular formula is C13H15N3O4. The second-order valence-corrected chi connectivity index (χ2v) is 4.46. The molecule has 0 bridgehead atoms. The van der Waals surface area contributed by atoms with Gasteiger partial charge in [-0.05, 0) is 6.42 Å². The zero-order valence-corrected chi connectivity index (χ0v) is 11.1. The molecule has 2 rings (SSSR count). The number of carbonyl (C=O) groups excluding carboxylic acids is 1. The molecule has 1 aliphatic rings. The van der Waals surface area contributed by atoms with Crippen LogP contribution in [0.3, 0.4) is 0 Å². The van der Waals surface area contributed by atoms with E-state index in [0.29, 0.717) is 23.5 Å². The normalized spacial score (nSPS) is 12.8. The standard InChI is InChI=1S/C13H15N3O4/c1-3-4-5-10(17)20-7-8-6-9-11(14-8)16(2)13(19)15-12(9)18/h3H,1,4-7H2,2H3,(H,15,18,19). The molecule has 0 radical (unpaired) electrons. The molecular weight excluding hydrogens is 262 g/mol. The number of aromatic amines is 1. The molecule has 0 saturated carbocycles. The van der Waals surface area contributed by atoms with Gasteiger partial charge in [0.05, 0.1) is 11.3 Å². The maximum absolute atomic E-state index is 11.6. The molecule has 0 unspecified atom stereocenters. The first-order valence-corrected chi connectivity index (χ1v) is 6.18. The van der Waals surface area contributed by atoms with Crippen LogP contribution in [0.1, 0.15) is 18.4 Å². The molecule has 0 spiro atoms. The highest BCUT2D eigenvalue weighted by Gasteiger charge is 2.22. The molecule has 2 heterocycles. The zero-order chi connectivity index (χ0) is 14.7. The lowest BCUT2D eigenvalue weighted by atomic mass is 10.2. The Morgan fingerprint density at radius 1 is 1.55 bits per heavy atom. The Kier molecular flexibility index (Phi) is 3.97. The van der Waals surface area contributed by atoms with Crippen LogP contribution >= 0.6 is 0 Å². The molecule has 0 amide bonds. The minimum atomic E-state index is -0.512. The Balaban J connectivity index is 2.08. The third kappa shape index (κ3) is 2.76. The molecule has 0 atom stereocenters. The highest BCUT2D eigenvalue weighted by molar-refractivity contribution is 5.95. The molecule has 1 aliphatic heterocycles. The van der Waals surface area contributed by atoms with Crippen LogP contribution in [-0.2, 0) is 23.0 Å². The van der Waals surface area contributed by atoms with E-state index in [2.05, 4.69) is 16.6 Å². The van der Waals surface area contributed by atoms with Crippen LogP contribution in [0.5, 0.6) is 0 Å². The summed E-state index contributed by atoms with van der Waals surface area (Å²) in [5, 5.41) is 0. The van der Waals surface area contributed by atoms with Crippen LogP contribution < -0.4 is 11.2 Å². The van der Waals surface area contributed by atoms with Gasteiger partial charge in [0, 0.05) is 19.9 Å². The Morgan fingerprint density at radius 2 is 2.30 bits per heavy atom. The Bertz CT molecular complexity index is 697. The van der Waals surface area contributed by atoms with Crippen molar-refractivity contribution in [2.45, 2.75) is 19.3 Å². The van der Waals surface area contributed by atoms with Crippen LogP contribution in [-0.4, -0.2) is 27.8 Å². The topological polar surface area (TPSA) is 93.5 Å². The van der Waals surface area contributed by atoms with Gasteiger partial charge < -0.3 is 4.74 Å². The number of aliphatic imine (C=N–C) groups is 1. The fraction of sp³-hybridized carbons (Fsp3) is 0.385. The van der Waals surface area contributed by atoms with Crippen LogP contribution in [0.15, 0.2) is 27.2 Å². The minimum absolute atomic E-state index is 0.0261. The summed E-state index contributed by atoms with van der Waals surface area (Å²) in [5.74, 6) is -0.0118. The number of hydrogen-bond acceptors (Lipinski definition) is 5. The van der Waals surface area contributed by atoms with Gasteiger partial charge >= 0.3 is 11.7 Å². The largest absolute Gasteiger partial charge is 0.459 e. The summed E-state index contributed by atoms with van der Waals surface area (Å²) < 4.78 is 6.32. The first kappa shape index (κ1) is 14.0. The van der Waals surface area contributed by atoms with Crippen molar-refractivity contribution in [3.8, 4) is 0 Å². The molecule has 7 heteroatoms. The number of rotatable bonds is 5. The van der Waals surface area contributed by atoms with Gasteiger partial charge in [0.2, 0.25) is 0 Å². The summed E-state index contributed by atoms with van der Waals surface area (Å²) in [6.45, 7) is 3.55. The average Bonchev–Trinajstić information content (AvgIpc) is 2.85. The molecule has 20 heavy (non-hydrogen) atoms. The maximum Gasteiger partial charge on any atom is 0.329 e. The van der Waals surface area contributed by atoms with Crippen molar-refractivity contribution in [1.82, 2.24) is 9.55 Å². The first-order valence-electron chi connectivity index (χ1n) is 6.18. The SMILES string of the molecule is C=CCCC(=O)OCC1=Nc2c(c(=O)[nH]c(=O)n2C)C1. The van der Waals surface area contributed by atoms with Crippen LogP contribution in [0.25, 0.3) is 0 Å². The number of carbonyl (C=O) groups is 1. The van der Waals surface area contributed by atoms with Gasteiger partial charge in [-0.2, -0.15) is 0 Å². The van der Waals surface area contributed by atoms with Gasteiger partial charge in [0.15, 0.2) is 0 Å². The summed E-state index contributed by atoms with van der Waals surface area (Å²) in [5.41, 5.74) is 0.0180. The van der Waals surface area contributed by atoms with E-state index in [4.69, 9.17) is 4.74 Å². The van der Waals surface area contributed by atoms with E-state index in [9.17, 15) is 14.4 Å². The summed E-state index contributed by atoms with van der Waals surface area (Å²) in [7, 11) is 1.53. The van der Waals surface area contributed by atoms with Gasteiger partial charge in [-0.15, -0.1) is 6.58 Å². The fourth-order valence-corrected chi connectivity index (χ4v) is 1.89. The summed E-state index contributed by atoms with van der Waals surface area (Å²) in [6, 6.07) is 0. The van der Waals surface area contributed by atoms with Crippen molar-refractivity contribution in [1.29, 1.82) is 0 Å². The van der Waals surface area contributed by atoms with Crippen molar-refractivity contribution in [2.24, 2.45) is 12.0 Å². The monoisotopic (exact) mass is 277 g/mol. The molecule has 0 saturated heterocycles. The molecule has 1 aromatic rings. The predicted octanol–water partition coefficient (Wildman–Crippen LogP) is 0.212. The van der Waals surface area contributed by atoms with Gasteiger partial charge in [-0.1, -0.05) is 6.08 Å². The zero-order valence-electron chi connectivity index (χ0n) is 11.1. The second kappa shape index (κ2) is 5.68. The molecule has 0 aromatic carbocycles. The molecule has 7 nitrogen and oxygen atoms in total. The molecule has 1 N–H and O–H groups in total. The maximum atomic E-state index is 11.6. The smallest absolute Gasteiger partial charge is 0.329 e. The fourth-order valence-electron chi connectivity index (χ4n) is 1.89. The van der Waals surface area contributed by atoms with E-state index in [0.717, 1.165) is 0 Å². The number of ether oxygens (including phenoxy) is 1. The lowest BCUT2D eigenvalue weighted by Crippen LogP contribution is -2.30. The Labute approximate surface area is 114 Å². The summed E-state index contributed by atoms with van der Waals surface area (Å²) >= 11 is 0. The highest BCUT2D eigenvalue weighted by atomic mass is 16.5. The van der Waals surface area contributed by atoms with E-state index in [1.807, 2.05) is 0 Å². The van der Waals surface area contributed by atoms with Crippen molar-refractivity contribution < 1.29 is 9.53 Å². The van der Waals surface area contributed by atoms with Gasteiger partial charge in [-0.3, -0.25) is 19.1 Å². The van der Waals surface area contributed by atoms with E-state index in [1.54, 1.807) is 6.08 Å². The molecule has 106 valence electrons. The number of nitrogens with one attached hydrogen (secondary N) is 1. The summed E-state index contributed by atoms with van der Waals surface area (Å²) in [4.78, 5) is 40.9. The number of fused-ring (bicyclic) bond motifs is 1. The van der Waals surface area contributed by atoms with E-state index in [-0.39, 0.29) is 25.4 Å². The van der Waals surface area contributed by atoms with Gasteiger partial charge in [-0.25, -0.2) is 9.79 Å². The quantitative estimate of drug-likeness (QED) is 0.615. The number of H-pyrrole nitrogens is 1. The van der Waals surface area contributed by atoms with Gasteiger partial charge in [0.1, 0.15) is 12.4 Å². The van der Waals surface area contributed by atoms with E-state index < -0.39 is 11.2 Å². The number of esters is 1. The Hall–Kier alpha value is -2.44. The lowest BCUT2D eigenvalue weighted by molar-refractivity contribution is -0.141. The third-order valence-corrected chi connectivity index (χ3v) is 2.98. The number of aromatic nitrogens is 2. The lowest BCUT2D eigenvalue weighted by Gasteiger charge is -2.02. The van der Waals surface area contributed by atoms with Crippen molar-refractivity contribution in [2.75, 3.05) is 6.61 Å². The molecule has 1 aromatic heterocycles. The minimum Gasteiger partial charge on any atom is -0.459 e. The van der Waals surface area contributed by atoms with Gasteiger partial charge in [0.25, 0.3) is 5.56 Å². The Morgan fingerprint density at radius 3 is 3.00 bits per heavy atom. The van der Waals surface area contributed by atoms with Crippen molar-refractivity contribution in [3.05, 3.63) is 39.1 Å². The molecule has 0 aliphatic carbocycles. The third-order valence-electron chi connectivity index (χ3n) is 2.98. The molecule has 0 fully saturated rings. The number of allylic oxidation sites excluding steroid dienone is 1. The first-order chi connectivity index (χ1) is 9.52. The van der Waals surface area contributed by atoms with E-state index in [1.165, 1.54) is 11.6 Å². The number of hydrogen-bond donors (Lipinski definition) is 1. The van der Waals surface area contributed by atoms with E-state index >= 15 is 0 Å². The highest BCUT2D eigenvalue weighted by Crippen LogP contribution is 2.20.